The van der Waals surface area contributed by atoms with Gasteiger partial charge < -0.3 is 23.4 Å². The van der Waals surface area contributed by atoms with E-state index in [2.05, 4.69) is 0 Å². The monoisotopic (exact) mass is 404 g/mol. The van der Waals surface area contributed by atoms with Crippen molar-refractivity contribution in [2.75, 3.05) is 14.2 Å². The predicted molar refractivity (Wildman–Crippen MR) is 113 cm³/mol. The summed E-state index contributed by atoms with van der Waals surface area (Å²) in [6.45, 7) is 0.387. The normalized spacial score (nSPS) is 10.6. The summed E-state index contributed by atoms with van der Waals surface area (Å²) in [5.74, 6) is 2.72. The number of fused-ring (bicyclic) bond motifs is 1. The zero-order chi connectivity index (χ0) is 20.9. The van der Waals surface area contributed by atoms with Gasteiger partial charge in [0.15, 0.2) is 0 Å². The summed E-state index contributed by atoms with van der Waals surface area (Å²) in [4.78, 5) is 12.7. The number of benzene rings is 3. The molecule has 0 radical (unpaired) electrons. The van der Waals surface area contributed by atoms with Crippen LogP contribution in [0.25, 0.3) is 11.0 Å². The van der Waals surface area contributed by atoms with Crippen molar-refractivity contribution < 1.29 is 23.4 Å². The minimum Gasteiger partial charge on any atom is -0.497 e. The Morgan fingerprint density at radius 3 is 2.03 bits per heavy atom. The predicted octanol–water partition coefficient (Wildman–Crippen LogP) is 5.18. The largest absolute Gasteiger partial charge is 0.497 e. The lowest BCUT2D eigenvalue weighted by Crippen LogP contribution is -2.05. The topological polar surface area (TPSA) is 67.1 Å². The van der Waals surface area contributed by atoms with Crippen LogP contribution in [-0.4, -0.2) is 14.2 Å². The molecule has 30 heavy (non-hydrogen) atoms. The molecule has 0 amide bonds. The van der Waals surface area contributed by atoms with Gasteiger partial charge in [-0.05, 0) is 54.1 Å². The van der Waals surface area contributed by atoms with Crippen LogP contribution in [0.3, 0.4) is 0 Å². The fourth-order valence-electron chi connectivity index (χ4n) is 2.91. The molecule has 0 aliphatic carbocycles. The third-order valence-electron chi connectivity index (χ3n) is 4.57. The first-order chi connectivity index (χ1) is 14.7. The molecule has 0 aliphatic heterocycles. The molecule has 0 aliphatic rings. The highest BCUT2D eigenvalue weighted by Crippen LogP contribution is 2.25. The molecule has 0 bridgehead atoms. The summed E-state index contributed by atoms with van der Waals surface area (Å²) >= 11 is 0. The molecular formula is C24H20O6. The highest BCUT2D eigenvalue weighted by atomic mass is 16.5. The third kappa shape index (κ3) is 4.22. The molecule has 6 heteroatoms. The van der Waals surface area contributed by atoms with E-state index in [0.717, 1.165) is 11.3 Å². The van der Waals surface area contributed by atoms with Gasteiger partial charge in [-0.2, -0.15) is 0 Å². The summed E-state index contributed by atoms with van der Waals surface area (Å²) in [5.41, 5.74) is 1.17. The van der Waals surface area contributed by atoms with Crippen LogP contribution in [-0.2, 0) is 6.61 Å². The molecule has 4 rings (SSSR count). The lowest BCUT2D eigenvalue weighted by atomic mass is 10.2. The molecule has 152 valence electrons. The van der Waals surface area contributed by atoms with Crippen LogP contribution in [0.5, 0.6) is 28.7 Å². The zero-order valence-corrected chi connectivity index (χ0v) is 16.6. The number of hydrogen-bond donors (Lipinski definition) is 0. The Hall–Kier alpha value is -3.93. The second kappa shape index (κ2) is 8.61. The van der Waals surface area contributed by atoms with Gasteiger partial charge in [-0.3, -0.25) is 4.79 Å². The van der Waals surface area contributed by atoms with Crippen LogP contribution in [0, 0.1) is 0 Å². The molecule has 6 nitrogen and oxygen atoms in total. The molecule has 0 unspecified atom stereocenters. The fourth-order valence-corrected chi connectivity index (χ4v) is 2.91. The highest BCUT2D eigenvalue weighted by molar-refractivity contribution is 5.79. The van der Waals surface area contributed by atoms with Crippen LogP contribution < -0.4 is 24.4 Å². The van der Waals surface area contributed by atoms with Crippen molar-refractivity contribution in [2.24, 2.45) is 0 Å². The van der Waals surface area contributed by atoms with Crippen molar-refractivity contribution in [1.29, 1.82) is 0 Å². The van der Waals surface area contributed by atoms with Gasteiger partial charge in [0.2, 0.25) is 11.2 Å². The maximum absolute atomic E-state index is 12.7. The fraction of sp³-hybridized carbons (Fsp3) is 0.125. The Morgan fingerprint density at radius 1 is 0.767 bits per heavy atom. The smallest absolute Gasteiger partial charge is 0.235 e. The number of rotatable bonds is 7. The van der Waals surface area contributed by atoms with E-state index in [1.165, 1.54) is 6.26 Å². The van der Waals surface area contributed by atoms with E-state index >= 15 is 0 Å². The van der Waals surface area contributed by atoms with Crippen molar-refractivity contribution in [3.63, 3.8) is 0 Å². The number of ether oxygens (including phenoxy) is 4. The number of hydrogen-bond acceptors (Lipinski definition) is 6. The average molecular weight is 404 g/mol. The van der Waals surface area contributed by atoms with Crippen LogP contribution in [0.15, 0.2) is 82.2 Å². The molecule has 0 saturated carbocycles. The maximum atomic E-state index is 12.7. The molecule has 1 aromatic heterocycles. The second-order valence-corrected chi connectivity index (χ2v) is 6.50. The van der Waals surface area contributed by atoms with E-state index < -0.39 is 0 Å². The van der Waals surface area contributed by atoms with Crippen molar-refractivity contribution in [3.05, 3.63) is 88.8 Å². The van der Waals surface area contributed by atoms with Crippen molar-refractivity contribution >= 4 is 11.0 Å². The van der Waals surface area contributed by atoms with Crippen LogP contribution in [0.4, 0.5) is 0 Å². The SMILES string of the molecule is COc1ccc(COc2ccc3c(=O)c(Oc4ccc(OC)cc4)coc3c2)cc1. The molecule has 0 saturated heterocycles. The first kappa shape index (κ1) is 19.4. The van der Waals surface area contributed by atoms with Gasteiger partial charge in [0.25, 0.3) is 0 Å². The molecular weight excluding hydrogens is 384 g/mol. The van der Waals surface area contributed by atoms with Gasteiger partial charge >= 0.3 is 0 Å². The summed E-state index contributed by atoms with van der Waals surface area (Å²) in [6.07, 6.45) is 1.31. The summed E-state index contributed by atoms with van der Waals surface area (Å²) in [6, 6.07) is 19.7. The lowest BCUT2D eigenvalue weighted by molar-refractivity contribution is 0.306. The molecule has 1 heterocycles. The first-order valence-corrected chi connectivity index (χ1v) is 9.29. The van der Waals surface area contributed by atoms with Gasteiger partial charge in [-0.25, -0.2) is 0 Å². The van der Waals surface area contributed by atoms with E-state index in [9.17, 15) is 4.79 Å². The quantitative estimate of drug-likeness (QED) is 0.423. The van der Waals surface area contributed by atoms with Gasteiger partial charge in [-0.1, -0.05) is 12.1 Å². The van der Waals surface area contributed by atoms with Gasteiger partial charge in [-0.15, -0.1) is 0 Å². The minimum atomic E-state index is -0.256. The van der Waals surface area contributed by atoms with E-state index in [1.807, 2.05) is 24.3 Å². The zero-order valence-electron chi connectivity index (χ0n) is 16.6. The molecule has 0 N–H and O–H groups in total. The third-order valence-corrected chi connectivity index (χ3v) is 4.57. The number of methoxy groups -OCH3 is 2. The van der Waals surface area contributed by atoms with Gasteiger partial charge in [0.1, 0.15) is 41.5 Å². The summed E-state index contributed by atoms with van der Waals surface area (Å²) in [7, 11) is 3.21. The second-order valence-electron chi connectivity index (χ2n) is 6.50. The Labute approximate surface area is 173 Å². The molecule has 0 atom stereocenters. The van der Waals surface area contributed by atoms with Gasteiger partial charge in [0.05, 0.1) is 19.6 Å². The van der Waals surface area contributed by atoms with E-state index in [1.54, 1.807) is 56.7 Å². The van der Waals surface area contributed by atoms with Crippen LogP contribution in [0.1, 0.15) is 5.56 Å². The van der Waals surface area contributed by atoms with Crippen molar-refractivity contribution in [3.8, 4) is 28.7 Å². The Kier molecular flexibility index (Phi) is 5.57. The standard InChI is InChI=1S/C24H20O6/c1-26-17-5-3-16(4-6-17)14-28-20-11-12-21-22(13-20)29-15-23(24(21)25)30-19-9-7-18(27-2)8-10-19/h3-13,15H,14H2,1-2H3. The van der Waals surface area contributed by atoms with Gasteiger partial charge in [0, 0.05) is 6.07 Å². The first-order valence-electron chi connectivity index (χ1n) is 9.29. The van der Waals surface area contributed by atoms with Crippen LogP contribution in [0.2, 0.25) is 0 Å². The molecule has 4 aromatic rings. The van der Waals surface area contributed by atoms with Crippen molar-refractivity contribution in [2.45, 2.75) is 6.61 Å². The Bertz CT molecular complexity index is 1190. The highest BCUT2D eigenvalue weighted by Gasteiger charge is 2.10. The maximum Gasteiger partial charge on any atom is 0.235 e. The Balaban J connectivity index is 1.50. The lowest BCUT2D eigenvalue weighted by Gasteiger charge is -2.09. The van der Waals surface area contributed by atoms with Crippen molar-refractivity contribution in [1.82, 2.24) is 0 Å². The van der Waals surface area contributed by atoms with E-state index in [-0.39, 0.29) is 11.2 Å². The van der Waals surface area contributed by atoms with Crippen LogP contribution >= 0.6 is 0 Å². The van der Waals surface area contributed by atoms with E-state index in [0.29, 0.717) is 34.8 Å². The summed E-state index contributed by atoms with van der Waals surface area (Å²) < 4.78 is 27.4. The molecule has 0 fully saturated rings. The summed E-state index contributed by atoms with van der Waals surface area (Å²) in [5, 5.41) is 0.415. The van der Waals surface area contributed by atoms with E-state index in [4.69, 9.17) is 23.4 Å². The minimum absolute atomic E-state index is 0.111. The molecule has 3 aromatic carbocycles. The average Bonchev–Trinajstić information content (AvgIpc) is 2.80. The Morgan fingerprint density at radius 2 is 1.37 bits per heavy atom. The molecule has 0 spiro atoms.